The largest absolute Gasteiger partial charge is 0.493 e. The lowest BCUT2D eigenvalue weighted by Gasteiger charge is -2.37. The van der Waals surface area contributed by atoms with Crippen molar-refractivity contribution in [3.8, 4) is 17.2 Å². The fourth-order valence-corrected chi connectivity index (χ4v) is 3.23. The predicted molar refractivity (Wildman–Crippen MR) is 95.5 cm³/mol. The first-order chi connectivity index (χ1) is 11.9. The number of carbonyl (C=O) groups is 1. The van der Waals surface area contributed by atoms with Gasteiger partial charge in [0.05, 0.1) is 25.8 Å². The van der Waals surface area contributed by atoms with E-state index in [2.05, 4.69) is 5.32 Å². The number of para-hydroxylation sites is 2. The molecule has 1 N–H and O–H groups in total. The first-order valence-corrected chi connectivity index (χ1v) is 8.25. The van der Waals surface area contributed by atoms with Gasteiger partial charge < -0.3 is 19.5 Å². The topological polar surface area (TPSA) is 56.8 Å². The van der Waals surface area contributed by atoms with Gasteiger partial charge in [0.1, 0.15) is 11.4 Å². The van der Waals surface area contributed by atoms with Gasteiger partial charge >= 0.3 is 0 Å². The van der Waals surface area contributed by atoms with Crippen molar-refractivity contribution in [3.05, 3.63) is 53.6 Å². The van der Waals surface area contributed by atoms with Crippen LogP contribution in [0.4, 0.5) is 0 Å². The molecule has 0 bridgehead atoms. The van der Waals surface area contributed by atoms with Gasteiger partial charge in [-0.15, -0.1) is 0 Å². The molecule has 0 aliphatic carbocycles. The summed E-state index contributed by atoms with van der Waals surface area (Å²) in [4.78, 5) is 12.9. The van der Waals surface area contributed by atoms with Gasteiger partial charge in [-0.3, -0.25) is 4.79 Å². The van der Waals surface area contributed by atoms with Gasteiger partial charge in [-0.2, -0.15) is 0 Å². The lowest BCUT2D eigenvalue weighted by molar-refractivity contribution is 0.0619. The maximum atomic E-state index is 12.9. The van der Waals surface area contributed by atoms with Crippen LogP contribution in [0.1, 0.15) is 42.2 Å². The van der Waals surface area contributed by atoms with E-state index >= 15 is 0 Å². The van der Waals surface area contributed by atoms with E-state index in [1.54, 1.807) is 25.3 Å². The number of rotatable bonds is 4. The van der Waals surface area contributed by atoms with Crippen molar-refractivity contribution in [2.75, 3.05) is 14.2 Å². The molecule has 2 aromatic carbocycles. The van der Waals surface area contributed by atoms with Crippen LogP contribution in [-0.2, 0) is 0 Å². The molecule has 132 valence electrons. The molecule has 2 aromatic rings. The summed E-state index contributed by atoms with van der Waals surface area (Å²) < 4.78 is 16.7. The number of hydrogen-bond acceptors (Lipinski definition) is 4. The summed E-state index contributed by atoms with van der Waals surface area (Å²) in [6, 6.07) is 12.9. The molecule has 1 heterocycles. The molecule has 5 nitrogen and oxygen atoms in total. The minimum absolute atomic E-state index is 0.136. The predicted octanol–water partition coefficient (Wildman–Crippen LogP) is 3.74. The molecular weight excluding hydrogens is 318 g/mol. The minimum atomic E-state index is -0.356. The van der Waals surface area contributed by atoms with Crippen LogP contribution in [0.25, 0.3) is 0 Å². The molecule has 1 atom stereocenters. The molecule has 0 spiro atoms. The summed E-state index contributed by atoms with van der Waals surface area (Å²) in [6.45, 7) is 4.04. The fraction of sp³-hybridized carbons (Fsp3) is 0.350. The molecule has 0 saturated heterocycles. The average Bonchev–Trinajstić information content (AvgIpc) is 2.59. The number of methoxy groups -OCH3 is 2. The number of fused-ring (bicyclic) bond motifs is 1. The van der Waals surface area contributed by atoms with E-state index in [4.69, 9.17) is 14.2 Å². The molecule has 0 radical (unpaired) electrons. The standard InChI is InChI=1S/C20H23NO4/c1-20(2)12-15(13-8-5-6-10-16(13)25-20)21-19(22)14-9-7-11-17(23-3)18(14)24-4/h5-11,15H,12H2,1-4H3,(H,21,22)/t15-/m1/s1. The Bertz CT molecular complexity index is 785. The Morgan fingerprint density at radius 3 is 2.60 bits per heavy atom. The molecule has 0 unspecified atom stereocenters. The lowest BCUT2D eigenvalue weighted by atomic mass is 9.89. The van der Waals surface area contributed by atoms with E-state index in [9.17, 15) is 4.79 Å². The van der Waals surface area contributed by atoms with Gasteiger partial charge in [0.25, 0.3) is 5.91 Å². The summed E-state index contributed by atoms with van der Waals surface area (Å²) in [5.41, 5.74) is 1.07. The summed E-state index contributed by atoms with van der Waals surface area (Å²) in [5, 5.41) is 3.12. The molecule has 0 saturated carbocycles. The van der Waals surface area contributed by atoms with Crippen molar-refractivity contribution in [1.82, 2.24) is 5.32 Å². The van der Waals surface area contributed by atoms with Crippen molar-refractivity contribution in [2.45, 2.75) is 31.9 Å². The number of hydrogen-bond donors (Lipinski definition) is 1. The lowest BCUT2D eigenvalue weighted by Crippen LogP contribution is -2.41. The minimum Gasteiger partial charge on any atom is -0.493 e. The van der Waals surface area contributed by atoms with Crippen LogP contribution in [0, 0.1) is 0 Å². The molecular formula is C20H23NO4. The second-order valence-electron chi connectivity index (χ2n) is 6.67. The third-order valence-corrected chi connectivity index (χ3v) is 4.33. The van der Waals surface area contributed by atoms with Crippen molar-refractivity contribution in [3.63, 3.8) is 0 Å². The Kier molecular flexibility index (Phi) is 4.57. The number of nitrogens with one attached hydrogen (secondary N) is 1. The molecule has 1 aliphatic rings. The smallest absolute Gasteiger partial charge is 0.255 e. The highest BCUT2D eigenvalue weighted by molar-refractivity contribution is 5.98. The first-order valence-electron chi connectivity index (χ1n) is 8.25. The Morgan fingerprint density at radius 2 is 1.88 bits per heavy atom. The van der Waals surface area contributed by atoms with E-state index in [0.29, 0.717) is 23.5 Å². The van der Waals surface area contributed by atoms with Crippen LogP contribution in [-0.4, -0.2) is 25.7 Å². The van der Waals surface area contributed by atoms with Crippen molar-refractivity contribution in [1.29, 1.82) is 0 Å². The van der Waals surface area contributed by atoms with Crippen LogP contribution < -0.4 is 19.5 Å². The molecule has 1 aliphatic heterocycles. The van der Waals surface area contributed by atoms with E-state index in [0.717, 1.165) is 11.3 Å². The molecule has 5 heteroatoms. The van der Waals surface area contributed by atoms with E-state index < -0.39 is 0 Å². The van der Waals surface area contributed by atoms with Crippen LogP contribution in [0.3, 0.4) is 0 Å². The summed E-state index contributed by atoms with van der Waals surface area (Å²) in [7, 11) is 3.08. The number of carbonyl (C=O) groups excluding carboxylic acids is 1. The fourth-order valence-electron chi connectivity index (χ4n) is 3.23. The number of amides is 1. The Morgan fingerprint density at radius 1 is 1.12 bits per heavy atom. The number of benzene rings is 2. The highest BCUT2D eigenvalue weighted by Gasteiger charge is 2.34. The zero-order chi connectivity index (χ0) is 18.0. The SMILES string of the molecule is COc1cccc(C(=O)N[C@@H]2CC(C)(C)Oc3ccccc32)c1OC. The van der Waals surface area contributed by atoms with Crippen LogP contribution in [0.15, 0.2) is 42.5 Å². The van der Waals surface area contributed by atoms with E-state index in [1.807, 2.05) is 38.1 Å². The third-order valence-electron chi connectivity index (χ3n) is 4.33. The average molecular weight is 341 g/mol. The Hall–Kier alpha value is -2.69. The monoisotopic (exact) mass is 341 g/mol. The Balaban J connectivity index is 1.91. The number of ether oxygens (including phenoxy) is 3. The van der Waals surface area contributed by atoms with Gasteiger partial charge in [0.2, 0.25) is 0 Å². The quantitative estimate of drug-likeness (QED) is 0.920. The van der Waals surface area contributed by atoms with Crippen molar-refractivity contribution >= 4 is 5.91 Å². The van der Waals surface area contributed by atoms with Gasteiger partial charge in [-0.1, -0.05) is 24.3 Å². The normalized spacial score (nSPS) is 17.8. The zero-order valence-corrected chi connectivity index (χ0v) is 15.0. The van der Waals surface area contributed by atoms with Crippen molar-refractivity contribution < 1.29 is 19.0 Å². The van der Waals surface area contributed by atoms with Gasteiger partial charge in [-0.25, -0.2) is 0 Å². The maximum Gasteiger partial charge on any atom is 0.255 e. The van der Waals surface area contributed by atoms with E-state index in [-0.39, 0.29) is 17.6 Å². The second-order valence-corrected chi connectivity index (χ2v) is 6.67. The molecule has 0 fully saturated rings. The molecule has 0 aromatic heterocycles. The summed E-state index contributed by atoms with van der Waals surface area (Å²) in [6.07, 6.45) is 0.683. The molecule has 3 rings (SSSR count). The first kappa shape index (κ1) is 17.1. The third kappa shape index (κ3) is 3.40. The van der Waals surface area contributed by atoms with Gasteiger partial charge in [-0.05, 0) is 32.0 Å². The second kappa shape index (κ2) is 6.67. The maximum absolute atomic E-state index is 12.9. The molecule has 25 heavy (non-hydrogen) atoms. The van der Waals surface area contributed by atoms with Crippen LogP contribution >= 0.6 is 0 Å². The van der Waals surface area contributed by atoms with Gasteiger partial charge in [0.15, 0.2) is 11.5 Å². The van der Waals surface area contributed by atoms with E-state index in [1.165, 1.54) is 7.11 Å². The highest BCUT2D eigenvalue weighted by Crippen LogP contribution is 2.39. The Labute approximate surface area is 147 Å². The van der Waals surface area contributed by atoms with Crippen molar-refractivity contribution in [2.24, 2.45) is 0 Å². The summed E-state index contributed by atoms with van der Waals surface area (Å²) in [5.74, 6) is 1.57. The van der Waals surface area contributed by atoms with Crippen LogP contribution in [0.2, 0.25) is 0 Å². The molecule has 1 amide bonds. The summed E-state index contributed by atoms with van der Waals surface area (Å²) >= 11 is 0. The van der Waals surface area contributed by atoms with Gasteiger partial charge in [0, 0.05) is 12.0 Å². The highest BCUT2D eigenvalue weighted by atomic mass is 16.5. The zero-order valence-electron chi connectivity index (χ0n) is 15.0. The van der Waals surface area contributed by atoms with Crippen LogP contribution in [0.5, 0.6) is 17.2 Å².